The molecule has 6 nitrogen and oxygen atoms in total. The lowest BCUT2D eigenvalue weighted by molar-refractivity contribution is -0.384. The Morgan fingerprint density at radius 1 is 1.41 bits per heavy atom. The summed E-state index contributed by atoms with van der Waals surface area (Å²) in [6, 6.07) is 4.42. The average Bonchev–Trinajstić information content (AvgIpc) is 2.31. The predicted octanol–water partition coefficient (Wildman–Crippen LogP) is 1.06. The van der Waals surface area contributed by atoms with E-state index in [0.717, 1.165) is 5.56 Å². The molecule has 0 aromatic heterocycles. The van der Waals surface area contributed by atoms with Crippen molar-refractivity contribution in [3.63, 3.8) is 0 Å². The van der Waals surface area contributed by atoms with Gasteiger partial charge in [-0.1, -0.05) is 6.07 Å². The van der Waals surface area contributed by atoms with Gasteiger partial charge in [-0.25, -0.2) is 0 Å². The van der Waals surface area contributed by atoms with E-state index >= 15 is 0 Å². The monoisotopic (exact) mass is 240 g/mol. The summed E-state index contributed by atoms with van der Waals surface area (Å²) in [6.07, 6.45) is 0. The summed E-state index contributed by atoms with van der Waals surface area (Å²) in [7, 11) is 0. The van der Waals surface area contributed by atoms with Crippen LogP contribution >= 0.6 is 0 Å². The Kier molecular flexibility index (Phi) is 4.03. The molecule has 3 N–H and O–H groups in total. The molecular formula is C11H16N2O4. The third kappa shape index (κ3) is 3.15. The lowest BCUT2D eigenvalue weighted by Crippen LogP contribution is -2.42. The van der Waals surface area contributed by atoms with E-state index in [0.29, 0.717) is 5.69 Å². The number of rotatable bonds is 5. The molecule has 0 atom stereocenters. The van der Waals surface area contributed by atoms with E-state index in [2.05, 4.69) is 5.32 Å². The number of nitrogens with one attached hydrogen (secondary N) is 1. The first-order valence-electron chi connectivity index (χ1n) is 5.17. The van der Waals surface area contributed by atoms with Crippen LogP contribution in [-0.4, -0.2) is 33.9 Å². The summed E-state index contributed by atoms with van der Waals surface area (Å²) < 4.78 is 0. The Hall–Kier alpha value is -1.66. The molecule has 0 heterocycles. The molecule has 0 radical (unpaired) electrons. The number of nitro groups is 1. The van der Waals surface area contributed by atoms with Crippen molar-refractivity contribution in [1.82, 2.24) is 0 Å². The maximum Gasteiger partial charge on any atom is 0.271 e. The van der Waals surface area contributed by atoms with Gasteiger partial charge in [0.25, 0.3) is 5.69 Å². The first-order valence-corrected chi connectivity index (χ1v) is 5.17. The highest BCUT2D eigenvalue weighted by atomic mass is 16.6. The van der Waals surface area contributed by atoms with Gasteiger partial charge in [0.2, 0.25) is 0 Å². The summed E-state index contributed by atoms with van der Waals surface area (Å²) in [6.45, 7) is 2.88. The van der Waals surface area contributed by atoms with E-state index in [9.17, 15) is 10.1 Å². The Bertz CT molecular complexity index is 416. The van der Waals surface area contributed by atoms with Crippen molar-refractivity contribution in [3.8, 4) is 0 Å². The number of aliphatic hydroxyl groups excluding tert-OH is 2. The molecule has 1 aromatic carbocycles. The first-order chi connectivity index (χ1) is 7.91. The Morgan fingerprint density at radius 3 is 2.47 bits per heavy atom. The predicted molar refractivity (Wildman–Crippen MR) is 64.0 cm³/mol. The quantitative estimate of drug-likeness (QED) is 0.528. The molecule has 0 bridgehead atoms. The summed E-state index contributed by atoms with van der Waals surface area (Å²) in [5.41, 5.74) is 0.407. The van der Waals surface area contributed by atoms with Crippen molar-refractivity contribution < 1.29 is 15.1 Å². The highest BCUT2D eigenvalue weighted by Gasteiger charge is 2.23. The van der Waals surface area contributed by atoms with Gasteiger partial charge in [-0.15, -0.1) is 0 Å². The Balaban J connectivity index is 3.05. The molecule has 0 unspecified atom stereocenters. The van der Waals surface area contributed by atoms with Gasteiger partial charge >= 0.3 is 0 Å². The van der Waals surface area contributed by atoms with Crippen LogP contribution in [0.25, 0.3) is 0 Å². The van der Waals surface area contributed by atoms with Crippen molar-refractivity contribution in [2.75, 3.05) is 18.5 Å². The van der Waals surface area contributed by atoms with Gasteiger partial charge in [0.15, 0.2) is 0 Å². The summed E-state index contributed by atoms with van der Waals surface area (Å²) in [5.74, 6) is 0. The molecule has 0 amide bonds. The van der Waals surface area contributed by atoms with Crippen LogP contribution in [-0.2, 0) is 0 Å². The molecule has 1 rings (SSSR count). The van der Waals surface area contributed by atoms with E-state index in [1.54, 1.807) is 19.9 Å². The van der Waals surface area contributed by atoms with Crippen molar-refractivity contribution in [1.29, 1.82) is 0 Å². The van der Waals surface area contributed by atoms with Crippen molar-refractivity contribution in [2.24, 2.45) is 0 Å². The highest BCUT2D eigenvalue weighted by Crippen LogP contribution is 2.24. The van der Waals surface area contributed by atoms with Crippen LogP contribution in [0.3, 0.4) is 0 Å². The van der Waals surface area contributed by atoms with Gasteiger partial charge in [0, 0.05) is 17.8 Å². The van der Waals surface area contributed by atoms with Crippen LogP contribution in [0.2, 0.25) is 0 Å². The van der Waals surface area contributed by atoms with Gasteiger partial charge in [0.1, 0.15) is 0 Å². The standard InChI is InChI=1S/C11H16N2O4/c1-8-3-4-9(13(16)17)5-10(8)12-11(2,6-14)7-15/h3-5,12,14-15H,6-7H2,1-2H3. The van der Waals surface area contributed by atoms with E-state index in [1.165, 1.54) is 12.1 Å². The van der Waals surface area contributed by atoms with Gasteiger partial charge in [-0.3, -0.25) is 10.1 Å². The van der Waals surface area contributed by atoms with Crippen LogP contribution in [0.1, 0.15) is 12.5 Å². The fourth-order valence-electron chi connectivity index (χ4n) is 1.31. The number of hydrogen-bond donors (Lipinski definition) is 3. The largest absolute Gasteiger partial charge is 0.394 e. The average molecular weight is 240 g/mol. The number of hydrogen-bond acceptors (Lipinski definition) is 5. The molecule has 17 heavy (non-hydrogen) atoms. The highest BCUT2D eigenvalue weighted by molar-refractivity contribution is 5.58. The number of non-ortho nitro benzene ring substituents is 1. The molecular weight excluding hydrogens is 224 g/mol. The maximum absolute atomic E-state index is 10.6. The minimum Gasteiger partial charge on any atom is -0.394 e. The van der Waals surface area contributed by atoms with Gasteiger partial charge in [-0.05, 0) is 19.4 Å². The van der Waals surface area contributed by atoms with Crippen LogP contribution in [0.4, 0.5) is 11.4 Å². The topological polar surface area (TPSA) is 95.6 Å². The normalized spacial score (nSPS) is 11.3. The van der Waals surface area contributed by atoms with Crippen molar-refractivity contribution in [2.45, 2.75) is 19.4 Å². The second kappa shape index (κ2) is 5.11. The lowest BCUT2D eigenvalue weighted by atomic mass is 10.0. The van der Waals surface area contributed by atoms with Crippen molar-refractivity contribution in [3.05, 3.63) is 33.9 Å². The van der Waals surface area contributed by atoms with E-state index in [4.69, 9.17) is 10.2 Å². The number of anilines is 1. The Morgan fingerprint density at radius 2 is 2.00 bits per heavy atom. The lowest BCUT2D eigenvalue weighted by Gasteiger charge is -2.28. The molecule has 0 aliphatic rings. The summed E-state index contributed by atoms with van der Waals surface area (Å²) in [5, 5.41) is 31.9. The van der Waals surface area contributed by atoms with Gasteiger partial charge < -0.3 is 15.5 Å². The van der Waals surface area contributed by atoms with Crippen LogP contribution < -0.4 is 5.32 Å². The Labute approximate surface area is 99.0 Å². The number of nitrogens with zero attached hydrogens (tertiary/aromatic N) is 1. The molecule has 0 aliphatic carbocycles. The molecule has 1 aromatic rings. The minimum atomic E-state index is -0.903. The molecule has 0 saturated heterocycles. The first kappa shape index (κ1) is 13.4. The van der Waals surface area contributed by atoms with Crippen LogP contribution in [0.15, 0.2) is 18.2 Å². The van der Waals surface area contributed by atoms with Crippen LogP contribution in [0, 0.1) is 17.0 Å². The van der Waals surface area contributed by atoms with Crippen LogP contribution in [0.5, 0.6) is 0 Å². The number of aryl methyl sites for hydroxylation is 1. The fraction of sp³-hybridized carbons (Fsp3) is 0.455. The molecule has 0 spiro atoms. The summed E-state index contributed by atoms with van der Waals surface area (Å²) in [4.78, 5) is 10.2. The molecule has 0 fully saturated rings. The van der Waals surface area contributed by atoms with Gasteiger partial charge in [0.05, 0.1) is 23.7 Å². The zero-order chi connectivity index (χ0) is 13.1. The molecule has 94 valence electrons. The fourth-order valence-corrected chi connectivity index (χ4v) is 1.31. The SMILES string of the molecule is Cc1ccc([N+](=O)[O-])cc1NC(C)(CO)CO. The second-order valence-electron chi connectivity index (χ2n) is 4.26. The third-order valence-corrected chi connectivity index (χ3v) is 2.57. The number of nitro benzene ring substituents is 1. The van der Waals surface area contributed by atoms with Gasteiger partial charge in [-0.2, -0.15) is 0 Å². The van der Waals surface area contributed by atoms with Crippen molar-refractivity contribution >= 4 is 11.4 Å². The van der Waals surface area contributed by atoms with E-state index < -0.39 is 10.5 Å². The smallest absolute Gasteiger partial charge is 0.271 e. The van der Waals surface area contributed by atoms with E-state index in [1.807, 2.05) is 0 Å². The molecule has 0 saturated carbocycles. The molecule has 6 heteroatoms. The summed E-state index contributed by atoms with van der Waals surface area (Å²) >= 11 is 0. The minimum absolute atomic E-state index is 0.0312. The zero-order valence-corrected chi connectivity index (χ0v) is 9.80. The van der Waals surface area contributed by atoms with E-state index in [-0.39, 0.29) is 18.9 Å². The second-order valence-corrected chi connectivity index (χ2v) is 4.26. The molecule has 0 aliphatic heterocycles. The zero-order valence-electron chi connectivity index (χ0n) is 9.80. The maximum atomic E-state index is 10.6. The number of aliphatic hydroxyl groups is 2. The third-order valence-electron chi connectivity index (χ3n) is 2.57. The number of benzene rings is 1.